The molecule has 3 heterocycles. The van der Waals surface area contributed by atoms with Crippen LogP contribution in [0, 0.1) is 5.92 Å². The van der Waals surface area contributed by atoms with E-state index >= 15 is 0 Å². The number of aryl methyl sites for hydroxylation is 2. The summed E-state index contributed by atoms with van der Waals surface area (Å²) in [6, 6.07) is 16.5. The lowest BCUT2D eigenvalue weighted by atomic mass is 10.1. The second-order valence-electron chi connectivity index (χ2n) is 9.01. The fraction of sp³-hybridized carbons (Fsp3) is 0.360. The van der Waals surface area contributed by atoms with E-state index in [1.165, 1.54) is 10.9 Å². The zero-order valence-corrected chi connectivity index (χ0v) is 18.0. The van der Waals surface area contributed by atoms with Gasteiger partial charge in [-0.25, -0.2) is 4.98 Å². The van der Waals surface area contributed by atoms with Crippen LogP contribution in [-0.4, -0.2) is 38.7 Å². The second-order valence-corrected chi connectivity index (χ2v) is 9.01. The third-order valence-corrected chi connectivity index (χ3v) is 7.20. The summed E-state index contributed by atoms with van der Waals surface area (Å²) in [4.78, 5) is 17.9. The monoisotopic (exact) mass is 413 g/mol. The summed E-state index contributed by atoms with van der Waals surface area (Å²) in [6.45, 7) is 4.96. The van der Waals surface area contributed by atoms with Crippen molar-refractivity contribution >= 4 is 27.8 Å². The van der Waals surface area contributed by atoms with E-state index in [1.807, 2.05) is 25.2 Å². The van der Waals surface area contributed by atoms with Crippen LogP contribution in [0.1, 0.15) is 30.1 Å². The molecule has 158 valence electrons. The highest BCUT2D eigenvalue weighted by atomic mass is 16.1. The molecule has 6 rings (SSSR count). The second kappa shape index (κ2) is 6.69. The minimum Gasteiger partial charge on any atom is -0.345 e. The molecule has 1 aliphatic heterocycles. The minimum absolute atomic E-state index is 0.00275. The minimum atomic E-state index is -0.0400. The Morgan fingerprint density at radius 3 is 2.94 bits per heavy atom. The summed E-state index contributed by atoms with van der Waals surface area (Å²) < 4.78 is 4.42. The maximum atomic E-state index is 13.0. The molecule has 4 aromatic rings. The Balaban J connectivity index is 1.38. The van der Waals surface area contributed by atoms with Gasteiger partial charge in [0.2, 0.25) is 0 Å². The first-order valence-corrected chi connectivity index (χ1v) is 11.2. The van der Waals surface area contributed by atoms with Crippen molar-refractivity contribution in [3.8, 4) is 11.5 Å². The predicted octanol–water partition coefficient (Wildman–Crippen LogP) is 3.70. The topological polar surface area (TPSA) is 63.9 Å². The number of amides is 1. The predicted molar refractivity (Wildman–Crippen MR) is 123 cm³/mol. The molecule has 0 radical (unpaired) electrons. The van der Waals surface area contributed by atoms with Crippen LogP contribution in [0.4, 0.5) is 0 Å². The maximum absolute atomic E-state index is 13.0. The van der Waals surface area contributed by atoms with E-state index < -0.39 is 0 Å². The van der Waals surface area contributed by atoms with Gasteiger partial charge in [-0.2, -0.15) is 0 Å². The number of nitrogens with one attached hydrogen (secondary N) is 2. The Hall–Kier alpha value is -3.12. The molecule has 1 saturated carbocycles. The number of imidazole rings is 1. The number of fused-ring (bicyclic) bond motifs is 3. The molecule has 2 aliphatic rings. The van der Waals surface area contributed by atoms with Crippen molar-refractivity contribution in [2.45, 2.75) is 31.8 Å². The number of benzene rings is 2. The van der Waals surface area contributed by atoms with E-state index in [0.717, 1.165) is 55.0 Å². The van der Waals surface area contributed by atoms with Crippen LogP contribution in [0.3, 0.4) is 0 Å². The van der Waals surface area contributed by atoms with Crippen molar-refractivity contribution in [1.82, 2.24) is 24.8 Å². The smallest absolute Gasteiger partial charge is 0.251 e. The lowest BCUT2D eigenvalue weighted by Crippen LogP contribution is -2.48. The van der Waals surface area contributed by atoms with Crippen LogP contribution in [-0.2, 0) is 13.6 Å². The zero-order valence-electron chi connectivity index (χ0n) is 18.0. The number of hydrogen-bond acceptors (Lipinski definition) is 3. The zero-order chi connectivity index (χ0) is 21.2. The van der Waals surface area contributed by atoms with Crippen LogP contribution in [0.5, 0.6) is 0 Å². The molecule has 31 heavy (non-hydrogen) atoms. The van der Waals surface area contributed by atoms with E-state index in [9.17, 15) is 4.79 Å². The van der Waals surface area contributed by atoms with Crippen molar-refractivity contribution in [3.63, 3.8) is 0 Å². The highest BCUT2D eigenvalue weighted by Gasteiger charge is 2.56. The largest absolute Gasteiger partial charge is 0.345 e. The highest BCUT2D eigenvalue weighted by molar-refractivity contribution is 5.98. The Morgan fingerprint density at radius 1 is 1.23 bits per heavy atom. The molecule has 1 saturated heterocycles. The van der Waals surface area contributed by atoms with Crippen LogP contribution >= 0.6 is 0 Å². The molecule has 2 atom stereocenters. The Kier molecular flexibility index (Phi) is 4.02. The molecular weight excluding hydrogens is 386 g/mol. The van der Waals surface area contributed by atoms with Gasteiger partial charge in [0.25, 0.3) is 5.91 Å². The molecule has 6 heteroatoms. The summed E-state index contributed by atoms with van der Waals surface area (Å²) in [5.41, 5.74) is 4.83. The Morgan fingerprint density at radius 2 is 2.10 bits per heavy atom. The molecule has 2 aromatic heterocycles. The Labute approximate surface area is 181 Å². The number of hydrogen-bond donors (Lipinski definition) is 2. The van der Waals surface area contributed by atoms with Gasteiger partial charge < -0.3 is 19.8 Å². The number of nitrogens with zero attached hydrogens (tertiary/aromatic N) is 3. The van der Waals surface area contributed by atoms with E-state index in [-0.39, 0.29) is 11.4 Å². The SMILES string of the molecule is CCn1c(-c2nc3cc(C(=O)NC45CNCCC4C5)ccc3n2C)cc2ccccc21. The maximum Gasteiger partial charge on any atom is 0.251 e. The normalized spacial score (nSPS) is 22.6. The van der Waals surface area contributed by atoms with Gasteiger partial charge in [-0.3, -0.25) is 4.79 Å². The first kappa shape index (κ1) is 18.6. The molecule has 0 spiro atoms. The van der Waals surface area contributed by atoms with Crippen molar-refractivity contribution < 1.29 is 4.79 Å². The first-order chi connectivity index (χ1) is 15.1. The van der Waals surface area contributed by atoms with Crippen molar-refractivity contribution in [3.05, 3.63) is 54.1 Å². The Bertz CT molecular complexity index is 1330. The van der Waals surface area contributed by atoms with Gasteiger partial charge in [0.05, 0.1) is 22.3 Å². The first-order valence-electron chi connectivity index (χ1n) is 11.2. The molecule has 0 bridgehead atoms. The molecule has 1 aliphatic carbocycles. The van der Waals surface area contributed by atoms with Gasteiger partial charge in [-0.05, 0) is 62.6 Å². The van der Waals surface area contributed by atoms with E-state index in [0.29, 0.717) is 11.5 Å². The number of para-hydroxylation sites is 1. The van der Waals surface area contributed by atoms with Gasteiger partial charge in [0.15, 0.2) is 5.82 Å². The molecule has 1 amide bonds. The molecule has 2 N–H and O–H groups in total. The fourth-order valence-corrected chi connectivity index (χ4v) is 5.37. The van der Waals surface area contributed by atoms with Gasteiger partial charge in [-0.1, -0.05) is 18.2 Å². The summed E-state index contributed by atoms with van der Waals surface area (Å²) in [5, 5.41) is 7.93. The summed E-state index contributed by atoms with van der Waals surface area (Å²) in [5.74, 6) is 1.55. The van der Waals surface area contributed by atoms with E-state index in [4.69, 9.17) is 4.98 Å². The van der Waals surface area contributed by atoms with Crippen molar-refractivity contribution in [1.29, 1.82) is 0 Å². The van der Waals surface area contributed by atoms with Crippen molar-refractivity contribution in [2.75, 3.05) is 13.1 Å². The van der Waals surface area contributed by atoms with Gasteiger partial charge in [0.1, 0.15) is 0 Å². The third-order valence-electron chi connectivity index (χ3n) is 7.20. The van der Waals surface area contributed by atoms with Crippen LogP contribution in [0.2, 0.25) is 0 Å². The molecule has 2 fully saturated rings. The summed E-state index contributed by atoms with van der Waals surface area (Å²) in [7, 11) is 2.05. The van der Waals surface area contributed by atoms with Crippen molar-refractivity contribution in [2.24, 2.45) is 13.0 Å². The number of carbonyl (C=O) groups excluding carboxylic acids is 1. The molecular formula is C25H27N5O. The van der Waals surface area contributed by atoms with Gasteiger partial charge in [-0.15, -0.1) is 0 Å². The van der Waals surface area contributed by atoms with Crippen LogP contribution in [0.15, 0.2) is 48.5 Å². The molecule has 2 unspecified atom stereocenters. The average molecular weight is 414 g/mol. The lowest BCUT2D eigenvalue weighted by molar-refractivity contribution is 0.0923. The summed E-state index contributed by atoms with van der Waals surface area (Å²) in [6.07, 6.45) is 2.23. The van der Waals surface area contributed by atoms with E-state index in [2.05, 4.69) is 57.0 Å². The fourth-order valence-electron chi connectivity index (χ4n) is 5.37. The van der Waals surface area contributed by atoms with E-state index in [1.54, 1.807) is 0 Å². The summed E-state index contributed by atoms with van der Waals surface area (Å²) >= 11 is 0. The number of rotatable bonds is 4. The quantitative estimate of drug-likeness (QED) is 0.536. The number of piperidine rings is 1. The average Bonchev–Trinajstić information content (AvgIpc) is 3.24. The number of aromatic nitrogens is 3. The van der Waals surface area contributed by atoms with Crippen LogP contribution < -0.4 is 10.6 Å². The van der Waals surface area contributed by atoms with Gasteiger partial charge >= 0.3 is 0 Å². The number of carbonyl (C=O) groups is 1. The lowest BCUT2D eigenvalue weighted by Gasteiger charge is -2.24. The highest BCUT2D eigenvalue weighted by Crippen LogP contribution is 2.47. The molecule has 6 nitrogen and oxygen atoms in total. The van der Waals surface area contributed by atoms with Crippen LogP contribution in [0.25, 0.3) is 33.5 Å². The third kappa shape index (κ3) is 2.82. The standard InChI is InChI=1S/C25H27N5O/c1-3-30-20-7-5-4-6-16(20)13-22(30)23-27-19-12-17(8-9-21(19)29(23)2)24(31)28-25-14-18(25)10-11-26-15-25/h4-9,12-13,18,26H,3,10-11,14-15H2,1-2H3,(H,28,31). The molecule has 2 aromatic carbocycles. The van der Waals surface area contributed by atoms with Gasteiger partial charge in [0, 0.05) is 36.6 Å².